The van der Waals surface area contributed by atoms with Crippen molar-refractivity contribution in [2.45, 2.75) is 0 Å². The number of hydrogen-bond acceptors (Lipinski definition) is 6. The molecule has 0 saturated carbocycles. The number of aromatic amines is 1. The highest BCUT2D eigenvalue weighted by molar-refractivity contribution is 6.34. The van der Waals surface area contributed by atoms with E-state index < -0.39 is 34.4 Å². The van der Waals surface area contributed by atoms with Crippen molar-refractivity contribution in [2.75, 3.05) is 11.1 Å². The molecule has 0 aliphatic carbocycles. The van der Waals surface area contributed by atoms with Gasteiger partial charge >= 0.3 is 5.69 Å². The third-order valence-electron chi connectivity index (χ3n) is 4.60. The van der Waals surface area contributed by atoms with Crippen molar-refractivity contribution >= 4 is 29.0 Å². The Kier molecular flexibility index (Phi) is 6.11. The van der Waals surface area contributed by atoms with E-state index in [4.69, 9.17) is 22.1 Å². The predicted molar refractivity (Wildman–Crippen MR) is 121 cm³/mol. The molecule has 12 heteroatoms. The molecule has 172 valence electrons. The monoisotopic (exact) mass is 485 g/mol. The van der Waals surface area contributed by atoms with Crippen molar-refractivity contribution in [3.05, 3.63) is 104 Å². The maximum absolute atomic E-state index is 14.6. The standard InChI is InChI=1S/C22H14ClF2N5O4/c23-18-17(7-8-27-19(18)26)34-16-6-3-12(9-15(16)25)29-20(31)14-10-28-22(33)30(21(14)32)13-4-1-11(24)2-5-13/h1-10H,(H2,26,27)(H,28,33)(H,29,31). The molecular formula is C22H14ClF2N5O4. The molecule has 4 rings (SSSR count). The molecule has 2 aromatic carbocycles. The second-order valence-electron chi connectivity index (χ2n) is 6.83. The Bertz CT molecular complexity index is 1520. The van der Waals surface area contributed by atoms with Crippen molar-refractivity contribution in [2.24, 2.45) is 0 Å². The van der Waals surface area contributed by atoms with Crippen molar-refractivity contribution in [1.29, 1.82) is 0 Å². The smallest absolute Gasteiger partial charge is 0.333 e. The lowest BCUT2D eigenvalue weighted by Gasteiger charge is -2.11. The summed E-state index contributed by atoms with van der Waals surface area (Å²) >= 11 is 5.99. The minimum Gasteiger partial charge on any atom is -0.453 e. The van der Waals surface area contributed by atoms with Gasteiger partial charge in [-0.2, -0.15) is 0 Å². The Morgan fingerprint density at radius 1 is 1.09 bits per heavy atom. The zero-order valence-electron chi connectivity index (χ0n) is 17.0. The van der Waals surface area contributed by atoms with E-state index in [1.807, 2.05) is 0 Å². The summed E-state index contributed by atoms with van der Waals surface area (Å²) in [5.41, 5.74) is 3.46. The number of rotatable bonds is 5. The second kappa shape index (κ2) is 9.16. The molecule has 4 aromatic rings. The zero-order chi connectivity index (χ0) is 24.4. The van der Waals surface area contributed by atoms with E-state index in [9.17, 15) is 23.2 Å². The third kappa shape index (κ3) is 4.50. The van der Waals surface area contributed by atoms with Crippen molar-refractivity contribution < 1.29 is 18.3 Å². The molecule has 34 heavy (non-hydrogen) atoms. The average molecular weight is 486 g/mol. The summed E-state index contributed by atoms with van der Waals surface area (Å²) in [5.74, 6) is -2.42. The fourth-order valence-electron chi connectivity index (χ4n) is 2.96. The quantitative estimate of drug-likeness (QED) is 0.396. The van der Waals surface area contributed by atoms with Crippen molar-refractivity contribution in [3.8, 4) is 17.2 Å². The van der Waals surface area contributed by atoms with Crippen LogP contribution in [-0.4, -0.2) is 20.4 Å². The molecule has 4 N–H and O–H groups in total. The number of nitrogen functional groups attached to an aromatic ring is 1. The molecule has 2 heterocycles. The van der Waals surface area contributed by atoms with Crippen LogP contribution in [0, 0.1) is 11.6 Å². The third-order valence-corrected chi connectivity index (χ3v) is 4.98. The van der Waals surface area contributed by atoms with Crippen LogP contribution >= 0.6 is 11.6 Å². The minimum absolute atomic E-state index is 0.00845. The Morgan fingerprint density at radius 3 is 2.53 bits per heavy atom. The zero-order valence-corrected chi connectivity index (χ0v) is 17.8. The van der Waals surface area contributed by atoms with Gasteiger partial charge in [0.15, 0.2) is 17.3 Å². The van der Waals surface area contributed by atoms with Crippen LogP contribution in [0.4, 0.5) is 20.3 Å². The number of anilines is 2. The fourth-order valence-corrected chi connectivity index (χ4v) is 3.11. The first-order chi connectivity index (χ1) is 16.2. The lowest BCUT2D eigenvalue weighted by Crippen LogP contribution is -2.38. The van der Waals surface area contributed by atoms with Crippen LogP contribution in [0.2, 0.25) is 5.02 Å². The van der Waals surface area contributed by atoms with E-state index >= 15 is 0 Å². The summed E-state index contributed by atoms with van der Waals surface area (Å²) in [5, 5.41) is 2.38. The minimum atomic E-state index is -0.946. The maximum atomic E-state index is 14.6. The van der Waals surface area contributed by atoms with E-state index in [-0.39, 0.29) is 33.7 Å². The number of carbonyl (C=O) groups is 1. The number of carbonyl (C=O) groups excluding carboxylic acids is 1. The molecule has 0 saturated heterocycles. The number of H-pyrrole nitrogens is 1. The molecule has 0 bridgehead atoms. The number of halogens is 3. The molecule has 0 fully saturated rings. The van der Waals surface area contributed by atoms with Crippen LogP contribution in [0.5, 0.6) is 11.5 Å². The SMILES string of the molecule is Nc1nccc(Oc2ccc(NC(=O)c3c[nH]c(=O)n(-c4ccc(F)cc4)c3=O)cc2F)c1Cl. The van der Waals surface area contributed by atoms with Gasteiger partial charge in [-0.05, 0) is 36.4 Å². The number of hydrogen-bond donors (Lipinski definition) is 3. The van der Waals surface area contributed by atoms with Gasteiger partial charge in [0, 0.05) is 30.2 Å². The van der Waals surface area contributed by atoms with E-state index in [1.165, 1.54) is 36.5 Å². The second-order valence-corrected chi connectivity index (χ2v) is 7.21. The molecule has 0 aliphatic rings. The number of amides is 1. The lowest BCUT2D eigenvalue weighted by molar-refractivity contribution is 0.102. The molecule has 0 unspecified atom stereocenters. The maximum Gasteiger partial charge on any atom is 0.333 e. The molecule has 0 radical (unpaired) electrons. The molecule has 0 aliphatic heterocycles. The van der Waals surface area contributed by atoms with Crippen LogP contribution in [-0.2, 0) is 0 Å². The van der Waals surface area contributed by atoms with Gasteiger partial charge in [-0.3, -0.25) is 9.59 Å². The molecule has 0 atom stereocenters. The Hall–Kier alpha value is -4.51. The summed E-state index contributed by atoms with van der Waals surface area (Å²) in [4.78, 5) is 43.6. The molecule has 1 amide bonds. The normalized spacial score (nSPS) is 10.7. The first-order valence-electron chi connectivity index (χ1n) is 9.54. The van der Waals surface area contributed by atoms with Crippen LogP contribution in [0.1, 0.15) is 10.4 Å². The number of aromatic nitrogens is 3. The summed E-state index contributed by atoms with van der Waals surface area (Å²) in [7, 11) is 0. The van der Waals surface area contributed by atoms with Crippen LogP contribution in [0.15, 0.2) is 70.5 Å². The Morgan fingerprint density at radius 2 is 1.82 bits per heavy atom. The first kappa shape index (κ1) is 22.7. The average Bonchev–Trinajstić information content (AvgIpc) is 2.80. The fraction of sp³-hybridized carbons (Fsp3) is 0. The van der Waals surface area contributed by atoms with Gasteiger partial charge in [0.05, 0.1) is 5.69 Å². The van der Waals surface area contributed by atoms with Crippen LogP contribution in [0.25, 0.3) is 5.69 Å². The topological polar surface area (TPSA) is 132 Å². The van der Waals surface area contributed by atoms with E-state index in [0.29, 0.717) is 4.57 Å². The molecule has 0 spiro atoms. The Labute approximate surface area is 194 Å². The number of ether oxygens (including phenoxy) is 1. The van der Waals surface area contributed by atoms with Gasteiger partial charge in [0.1, 0.15) is 22.2 Å². The van der Waals surface area contributed by atoms with Gasteiger partial charge in [0.25, 0.3) is 11.5 Å². The van der Waals surface area contributed by atoms with Gasteiger partial charge in [-0.25, -0.2) is 23.1 Å². The summed E-state index contributed by atoms with van der Waals surface area (Å²) in [6.07, 6.45) is 2.27. The van der Waals surface area contributed by atoms with Crippen LogP contribution in [0.3, 0.4) is 0 Å². The number of nitrogens with zero attached hydrogens (tertiary/aromatic N) is 2. The van der Waals surface area contributed by atoms with Crippen molar-refractivity contribution in [3.63, 3.8) is 0 Å². The predicted octanol–water partition coefficient (Wildman–Crippen LogP) is 3.48. The number of benzene rings is 2. The number of pyridine rings is 1. The van der Waals surface area contributed by atoms with Crippen LogP contribution < -0.4 is 27.0 Å². The largest absolute Gasteiger partial charge is 0.453 e. The highest BCUT2D eigenvalue weighted by Gasteiger charge is 2.17. The lowest BCUT2D eigenvalue weighted by atomic mass is 10.2. The molecular weight excluding hydrogens is 472 g/mol. The van der Waals surface area contributed by atoms with E-state index in [2.05, 4.69) is 15.3 Å². The first-order valence-corrected chi connectivity index (χ1v) is 9.92. The van der Waals surface area contributed by atoms with Gasteiger partial charge < -0.3 is 20.8 Å². The molecule has 2 aromatic heterocycles. The van der Waals surface area contributed by atoms with Gasteiger partial charge in [0.2, 0.25) is 0 Å². The summed E-state index contributed by atoms with van der Waals surface area (Å²) < 4.78 is 33.8. The summed E-state index contributed by atoms with van der Waals surface area (Å²) in [6.45, 7) is 0. The number of nitrogens with two attached hydrogens (primary N) is 1. The van der Waals surface area contributed by atoms with Gasteiger partial charge in [-0.15, -0.1) is 0 Å². The van der Waals surface area contributed by atoms with Gasteiger partial charge in [-0.1, -0.05) is 11.6 Å². The van der Waals surface area contributed by atoms with E-state index in [1.54, 1.807) is 0 Å². The highest BCUT2D eigenvalue weighted by Crippen LogP contribution is 2.33. The van der Waals surface area contributed by atoms with Crippen molar-refractivity contribution in [1.82, 2.24) is 14.5 Å². The Balaban J connectivity index is 1.59. The van der Waals surface area contributed by atoms with E-state index in [0.717, 1.165) is 24.4 Å². The highest BCUT2D eigenvalue weighted by atomic mass is 35.5. The number of nitrogens with one attached hydrogen (secondary N) is 2. The summed E-state index contributed by atoms with van der Waals surface area (Å²) in [6, 6.07) is 9.49. The molecule has 9 nitrogen and oxygen atoms in total.